The zero-order valence-corrected chi connectivity index (χ0v) is 37.7. The lowest BCUT2D eigenvalue weighted by Gasteiger charge is -2.44. The highest BCUT2D eigenvalue weighted by molar-refractivity contribution is 6.99. The van der Waals surface area contributed by atoms with Gasteiger partial charge in [-0.3, -0.25) is 19.4 Å². The Labute approximate surface area is 367 Å². The van der Waals surface area contributed by atoms with Gasteiger partial charge in [0.05, 0.1) is 31.2 Å². The van der Waals surface area contributed by atoms with Crippen molar-refractivity contribution < 1.29 is 33.7 Å². The molecule has 0 unspecified atom stereocenters. The van der Waals surface area contributed by atoms with Gasteiger partial charge in [-0.05, 0) is 88.3 Å². The van der Waals surface area contributed by atoms with E-state index in [1.54, 1.807) is 6.07 Å². The van der Waals surface area contributed by atoms with Crippen LogP contribution in [-0.2, 0) is 20.6 Å². The van der Waals surface area contributed by atoms with Crippen molar-refractivity contribution in [3.8, 4) is 5.75 Å². The summed E-state index contributed by atoms with van der Waals surface area (Å²) in [7, 11) is -3.07. The Kier molecular flexibility index (Phi) is 14.4. The van der Waals surface area contributed by atoms with Crippen molar-refractivity contribution in [2.75, 3.05) is 26.3 Å². The number of allylic oxidation sites excluding steroid dienone is 1. The van der Waals surface area contributed by atoms with Gasteiger partial charge in [0.25, 0.3) is 8.32 Å². The first kappa shape index (κ1) is 45.3. The normalized spacial score (nSPS) is 21.1. The maximum atomic E-state index is 14.7. The van der Waals surface area contributed by atoms with Gasteiger partial charge < -0.3 is 19.7 Å². The van der Waals surface area contributed by atoms with E-state index in [1.165, 1.54) is 22.6 Å². The van der Waals surface area contributed by atoms with Crippen molar-refractivity contribution in [2.45, 2.75) is 96.4 Å². The summed E-state index contributed by atoms with van der Waals surface area (Å²) in [6, 6.07) is 35.1. The zero-order chi connectivity index (χ0) is 44.0. The first-order valence-corrected chi connectivity index (χ1v) is 24.3. The molecule has 2 aliphatic heterocycles. The number of likely N-dealkylation sites (tertiary alicyclic amines) is 2. The lowest BCUT2D eigenvalue weighted by atomic mass is 9.68. The van der Waals surface area contributed by atoms with Crippen LogP contribution in [0.15, 0.2) is 126 Å². The van der Waals surface area contributed by atoms with Gasteiger partial charge in [-0.2, -0.15) is 0 Å². The van der Waals surface area contributed by atoms with Crippen molar-refractivity contribution in [3.05, 3.63) is 143 Å². The summed E-state index contributed by atoms with van der Waals surface area (Å²) >= 11 is 0. The molecule has 4 atom stereocenters. The number of nitrogens with zero attached hydrogens (tertiary/aromatic N) is 2. The number of phenolic OH excluding ortho intramolecular Hbond substituents is 1. The molecule has 4 aromatic rings. The van der Waals surface area contributed by atoms with Crippen molar-refractivity contribution in [1.82, 2.24) is 9.80 Å². The Hall–Kier alpha value is -4.71. The topological polar surface area (TPSA) is 111 Å². The lowest BCUT2D eigenvalue weighted by Crippen LogP contribution is -2.66. The zero-order valence-electron chi connectivity index (χ0n) is 36.7. The van der Waals surface area contributed by atoms with Crippen LogP contribution >= 0.6 is 0 Å². The highest BCUT2D eigenvalue weighted by Gasteiger charge is 2.57. The molecular weight excluding hydrogens is 796 g/mol. The standard InChI is InChI=1S/C52H63FN2O6Si/c1-5-15-36(30-38-23-24-46(57)45(53)31-38)22-25-47(58)48-39(35-61-62(52(2,3)4,41-18-11-7-12-19-41)42-20-13-8-14-21-42)32-43-49(44(48)34-56)51(60)55(50(43)59)40-26-28-54(29-27-40)33-37-16-9-6-10-17-37/h6-14,16-21,23-24,30-31,40,43-44,47,49,56-58H,5,15,22,25-29,32-35H2,1-4H3/b36-30+/t43-,44+,47-,49-/m1/s1. The molecule has 10 heteroatoms. The fourth-order valence-electron chi connectivity index (χ4n) is 10.5. The number of carbonyl (C=O) groups is 2. The predicted molar refractivity (Wildman–Crippen MR) is 246 cm³/mol. The van der Waals surface area contributed by atoms with Crippen LogP contribution in [0.25, 0.3) is 6.08 Å². The monoisotopic (exact) mass is 858 g/mol. The molecule has 0 spiro atoms. The van der Waals surface area contributed by atoms with Gasteiger partial charge >= 0.3 is 0 Å². The van der Waals surface area contributed by atoms with Gasteiger partial charge in [-0.1, -0.05) is 143 Å². The van der Waals surface area contributed by atoms with Gasteiger partial charge in [0.2, 0.25) is 11.8 Å². The summed E-state index contributed by atoms with van der Waals surface area (Å²) < 4.78 is 21.8. The minimum absolute atomic E-state index is 0.128. The molecule has 328 valence electrons. The molecule has 0 bridgehead atoms. The van der Waals surface area contributed by atoms with Gasteiger partial charge in [-0.25, -0.2) is 4.39 Å². The van der Waals surface area contributed by atoms with Crippen LogP contribution in [0, 0.1) is 23.6 Å². The number of rotatable bonds is 16. The number of phenols is 1. The van der Waals surface area contributed by atoms with E-state index < -0.39 is 50.3 Å². The average molecular weight is 859 g/mol. The van der Waals surface area contributed by atoms with E-state index in [9.17, 15) is 29.3 Å². The SMILES string of the molecule is CCC/C(=C\c1ccc(O)c(F)c1)CC[C@@H](O)C1=C(CO[Si](c2ccccc2)(c2ccccc2)C(C)(C)C)C[C@H]2C(=O)N(C3CCN(Cc4ccccc4)CC3)C(=O)[C@H]2[C@H]1CO. The first-order chi connectivity index (χ1) is 29.9. The summed E-state index contributed by atoms with van der Waals surface area (Å²) in [6.45, 7) is 10.8. The summed E-state index contributed by atoms with van der Waals surface area (Å²) in [5.74, 6) is -3.78. The van der Waals surface area contributed by atoms with Crippen molar-refractivity contribution in [3.63, 3.8) is 0 Å². The Morgan fingerprint density at radius 1 is 0.887 bits per heavy atom. The highest BCUT2D eigenvalue weighted by atomic mass is 28.4. The van der Waals surface area contributed by atoms with Gasteiger partial charge in [0.1, 0.15) is 0 Å². The summed E-state index contributed by atoms with van der Waals surface area (Å²) in [5.41, 5.74) is 4.22. The van der Waals surface area contributed by atoms with Crippen LogP contribution in [0.2, 0.25) is 5.04 Å². The number of aliphatic hydroxyl groups is 2. The maximum Gasteiger partial charge on any atom is 0.261 e. The third kappa shape index (κ3) is 9.45. The molecule has 0 radical (unpaired) electrons. The minimum atomic E-state index is -3.07. The predicted octanol–water partition coefficient (Wildman–Crippen LogP) is 8.01. The van der Waals surface area contributed by atoms with Crippen LogP contribution in [0.4, 0.5) is 4.39 Å². The Bertz CT molecular complexity index is 2180. The number of benzene rings is 4. The Morgan fingerprint density at radius 2 is 1.50 bits per heavy atom. The number of aliphatic hydroxyl groups excluding tert-OH is 2. The number of carbonyl (C=O) groups excluding carboxylic acids is 2. The van der Waals surface area contributed by atoms with Gasteiger partial charge in [0.15, 0.2) is 11.6 Å². The second-order valence-electron chi connectivity index (χ2n) is 18.5. The molecule has 0 aromatic heterocycles. The van der Waals surface area contributed by atoms with Crippen LogP contribution < -0.4 is 10.4 Å². The number of aromatic hydroxyl groups is 1. The van der Waals surface area contributed by atoms with E-state index in [1.807, 2.05) is 60.7 Å². The maximum absolute atomic E-state index is 14.7. The molecule has 4 aromatic carbocycles. The largest absolute Gasteiger partial charge is 0.505 e. The number of halogens is 1. The fraction of sp³-hybridized carbons (Fsp3) is 0.423. The van der Waals surface area contributed by atoms with E-state index >= 15 is 0 Å². The number of imide groups is 1. The Balaban J connectivity index is 1.22. The smallest absolute Gasteiger partial charge is 0.261 e. The third-order valence-electron chi connectivity index (χ3n) is 13.5. The van der Waals surface area contributed by atoms with Crippen LogP contribution in [-0.4, -0.2) is 83.7 Å². The summed E-state index contributed by atoms with van der Waals surface area (Å²) in [6.07, 6.45) is 4.81. The van der Waals surface area contributed by atoms with Gasteiger partial charge in [0, 0.05) is 31.6 Å². The number of piperidine rings is 1. The molecule has 2 saturated heterocycles. The molecule has 3 aliphatic rings. The average Bonchev–Trinajstić information content (AvgIpc) is 3.52. The number of fused-ring (bicyclic) bond motifs is 1. The van der Waals surface area contributed by atoms with Crippen LogP contribution in [0.3, 0.4) is 0 Å². The van der Waals surface area contributed by atoms with E-state index in [-0.39, 0.29) is 35.9 Å². The van der Waals surface area contributed by atoms with E-state index in [0.29, 0.717) is 36.8 Å². The molecular formula is C52H63FN2O6Si. The minimum Gasteiger partial charge on any atom is -0.505 e. The second kappa shape index (κ2) is 19.8. The molecule has 1 aliphatic carbocycles. The lowest BCUT2D eigenvalue weighted by molar-refractivity contribution is -0.144. The molecule has 2 fully saturated rings. The van der Waals surface area contributed by atoms with E-state index in [2.05, 4.69) is 69.0 Å². The molecule has 62 heavy (non-hydrogen) atoms. The molecule has 3 N–H and O–H groups in total. The molecule has 7 rings (SSSR count). The molecule has 2 amide bonds. The van der Waals surface area contributed by atoms with Crippen LogP contribution in [0.1, 0.15) is 83.8 Å². The van der Waals surface area contributed by atoms with E-state index in [4.69, 9.17) is 4.43 Å². The van der Waals surface area contributed by atoms with Crippen molar-refractivity contribution in [1.29, 1.82) is 0 Å². The van der Waals surface area contributed by atoms with Crippen molar-refractivity contribution >= 4 is 36.6 Å². The quantitative estimate of drug-likeness (QED) is 0.0596. The summed E-state index contributed by atoms with van der Waals surface area (Å²) in [4.78, 5) is 33.2. The second-order valence-corrected chi connectivity index (χ2v) is 22.8. The van der Waals surface area contributed by atoms with Gasteiger partial charge in [-0.15, -0.1) is 0 Å². The van der Waals surface area contributed by atoms with Crippen molar-refractivity contribution in [2.24, 2.45) is 17.8 Å². The number of hydrogen-bond acceptors (Lipinski definition) is 7. The fourth-order valence-corrected chi connectivity index (χ4v) is 15.1. The van der Waals surface area contributed by atoms with E-state index in [0.717, 1.165) is 54.0 Å². The van der Waals surface area contributed by atoms with Crippen LogP contribution in [0.5, 0.6) is 5.75 Å². The highest BCUT2D eigenvalue weighted by Crippen LogP contribution is 2.48. The molecule has 0 saturated carbocycles. The first-order valence-electron chi connectivity index (χ1n) is 22.4. The third-order valence-corrected chi connectivity index (χ3v) is 18.5. The number of hydrogen-bond donors (Lipinski definition) is 3. The molecule has 8 nitrogen and oxygen atoms in total. The Morgan fingerprint density at radius 3 is 2.06 bits per heavy atom. The summed E-state index contributed by atoms with van der Waals surface area (Å²) in [5, 5.41) is 35.4. The number of amides is 2. The molecule has 2 heterocycles.